The number of carbonyl (C=O) groups is 1. The van der Waals surface area contributed by atoms with Crippen molar-refractivity contribution in [2.24, 2.45) is 0 Å². The standard InChI is InChI=1S/C9H9F3N2O3/c10-9(11,12)4-16-14-8(15)6-3-7(17-13-6)5-1-2-5/h3,5H,1-2,4H2,(H,14,15). The first-order chi connectivity index (χ1) is 7.96. The number of rotatable bonds is 4. The zero-order chi connectivity index (χ0) is 12.5. The summed E-state index contributed by atoms with van der Waals surface area (Å²) in [5.74, 6) is -0.00369. The van der Waals surface area contributed by atoms with Crippen LogP contribution in [0.15, 0.2) is 10.6 Å². The smallest absolute Gasteiger partial charge is 0.360 e. The average molecular weight is 250 g/mol. The lowest BCUT2D eigenvalue weighted by Gasteiger charge is -2.06. The van der Waals surface area contributed by atoms with Gasteiger partial charge in [-0.3, -0.25) is 9.63 Å². The average Bonchev–Trinajstić information content (AvgIpc) is 2.94. The molecule has 94 valence electrons. The molecule has 0 radical (unpaired) electrons. The summed E-state index contributed by atoms with van der Waals surface area (Å²) >= 11 is 0. The van der Waals surface area contributed by atoms with Gasteiger partial charge in [-0.1, -0.05) is 5.16 Å². The van der Waals surface area contributed by atoms with Crippen molar-refractivity contribution in [3.8, 4) is 0 Å². The van der Waals surface area contributed by atoms with Gasteiger partial charge in [-0.2, -0.15) is 13.2 Å². The molecule has 1 amide bonds. The zero-order valence-electron chi connectivity index (χ0n) is 8.58. The first kappa shape index (κ1) is 11.9. The van der Waals surface area contributed by atoms with Crippen molar-refractivity contribution in [2.45, 2.75) is 24.9 Å². The molecular weight excluding hydrogens is 241 g/mol. The van der Waals surface area contributed by atoms with Gasteiger partial charge in [-0.25, -0.2) is 5.48 Å². The van der Waals surface area contributed by atoms with E-state index in [1.165, 1.54) is 6.07 Å². The second-order valence-corrected chi connectivity index (χ2v) is 3.72. The van der Waals surface area contributed by atoms with Crippen molar-refractivity contribution in [1.82, 2.24) is 10.6 Å². The minimum atomic E-state index is -4.49. The quantitative estimate of drug-likeness (QED) is 0.827. The lowest BCUT2D eigenvalue weighted by molar-refractivity contribution is -0.184. The molecule has 1 aliphatic rings. The summed E-state index contributed by atoms with van der Waals surface area (Å²) < 4.78 is 40.0. The number of alkyl halides is 3. The monoisotopic (exact) mass is 250 g/mol. The van der Waals surface area contributed by atoms with Crippen molar-refractivity contribution < 1.29 is 27.3 Å². The summed E-state index contributed by atoms with van der Waals surface area (Å²) in [6.07, 6.45) is -2.54. The molecule has 2 rings (SSSR count). The molecule has 0 aliphatic heterocycles. The molecule has 1 aromatic heterocycles. The number of halogens is 3. The summed E-state index contributed by atoms with van der Waals surface area (Å²) in [7, 11) is 0. The molecule has 0 aromatic carbocycles. The fraction of sp³-hybridized carbons (Fsp3) is 0.556. The Kier molecular flexibility index (Phi) is 3.05. The highest BCUT2D eigenvalue weighted by Crippen LogP contribution is 2.40. The van der Waals surface area contributed by atoms with Crippen LogP contribution in [-0.2, 0) is 4.84 Å². The molecule has 0 bridgehead atoms. The Hall–Kier alpha value is -1.57. The minimum Gasteiger partial charge on any atom is -0.360 e. The van der Waals surface area contributed by atoms with Crippen LogP contribution in [0.1, 0.15) is 35.0 Å². The van der Waals surface area contributed by atoms with Gasteiger partial charge in [-0.05, 0) is 12.8 Å². The molecule has 5 nitrogen and oxygen atoms in total. The van der Waals surface area contributed by atoms with Crippen LogP contribution in [0.4, 0.5) is 13.2 Å². The van der Waals surface area contributed by atoms with Crippen LogP contribution in [0.5, 0.6) is 0 Å². The molecule has 0 atom stereocenters. The highest BCUT2D eigenvalue weighted by atomic mass is 19.4. The molecule has 1 aromatic rings. The van der Waals surface area contributed by atoms with Gasteiger partial charge in [0.15, 0.2) is 12.3 Å². The van der Waals surface area contributed by atoms with Crippen LogP contribution in [0.25, 0.3) is 0 Å². The SMILES string of the molecule is O=C(NOCC(F)(F)F)c1cc(C2CC2)on1. The van der Waals surface area contributed by atoms with Crippen molar-refractivity contribution in [2.75, 3.05) is 6.61 Å². The van der Waals surface area contributed by atoms with Crippen molar-refractivity contribution in [3.63, 3.8) is 0 Å². The number of aromatic nitrogens is 1. The molecule has 0 unspecified atom stereocenters. The molecular formula is C9H9F3N2O3. The van der Waals surface area contributed by atoms with Crippen LogP contribution < -0.4 is 5.48 Å². The summed E-state index contributed by atoms with van der Waals surface area (Å²) in [6.45, 7) is -1.55. The Bertz CT molecular complexity index is 412. The van der Waals surface area contributed by atoms with Gasteiger partial charge in [0.05, 0.1) is 0 Å². The van der Waals surface area contributed by atoms with E-state index in [-0.39, 0.29) is 11.6 Å². The van der Waals surface area contributed by atoms with Gasteiger partial charge in [0.25, 0.3) is 5.91 Å². The van der Waals surface area contributed by atoms with E-state index in [4.69, 9.17) is 4.52 Å². The third-order valence-corrected chi connectivity index (χ3v) is 2.14. The van der Waals surface area contributed by atoms with Crippen LogP contribution in [0, 0.1) is 0 Å². The maximum absolute atomic E-state index is 11.7. The normalized spacial score (nSPS) is 15.9. The lowest BCUT2D eigenvalue weighted by Crippen LogP contribution is -2.29. The zero-order valence-corrected chi connectivity index (χ0v) is 8.58. The van der Waals surface area contributed by atoms with Crippen LogP contribution >= 0.6 is 0 Å². The first-order valence-corrected chi connectivity index (χ1v) is 4.91. The minimum absolute atomic E-state index is 0.0888. The fourth-order valence-corrected chi connectivity index (χ4v) is 1.19. The third kappa shape index (κ3) is 3.45. The number of hydrogen-bond acceptors (Lipinski definition) is 4. The lowest BCUT2D eigenvalue weighted by atomic mass is 10.3. The Morgan fingerprint density at radius 2 is 2.29 bits per heavy atom. The van der Waals surface area contributed by atoms with E-state index >= 15 is 0 Å². The molecule has 1 saturated carbocycles. The fourth-order valence-electron chi connectivity index (χ4n) is 1.19. The number of amides is 1. The Morgan fingerprint density at radius 3 is 2.88 bits per heavy atom. The summed E-state index contributed by atoms with van der Waals surface area (Å²) in [6, 6.07) is 1.41. The number of hydroxylamine groups is 1. The van der Waals surface area contributed by atoms with E-state index in [1.54, 1.807) is 5.48 Å². The molecule has 1 N–H and O–H groups in total. The number of hydrogen-bond donors (Lipinski definition) is 1. The largest absolute Gasteiger partial charge is 0.414 e. The van der Waals surface area contributed by atoms with Gasteiger partial charge in [0, 0.05) is 12.0 Å². The molecule has 8 heteroatoms. The maximum atomic E-state index is 11.7. The molecule has 0 saturated heterocycles. The van der Waals surface area contributed by atoms with Crippen molar-refractivity contribution in [1.29, 1.82) is 0 Å². The highest BCUT2D eigenvalue weighted by Gasteiger charge is 2.30. The van der Waals surface area contributed by atoms with E-state index in [0.717, 1.165) is 12.8 Å². The molecule has 17 heavy (non-hydrogen) atoms. The summed E-state index contributed by atoms with van der Waals surface area (Å²) in [4.78, 5) is 15.3. The van der Waals surface area contributed by atoms with Gasteiger partial charge in [0.1, 0.15) is 5.76 Å². The number of nitrogens with zero attached hydrogens (tertiary/aromatic N) is 1. The Labute approximate surface area is 93.9 Å². The Morgan fingerprint density at radius 1 is 1.59 bits per heavy atom. The topological polar surface area (TPSA) is 64.4 Å². The Balaban J connectivity index is 1.82. The second kappa shape index (κ2) is 4.36. The first-order valence-electron chi connectivity index (χ1n) is 4.91. The number of carbonyl (C=O) groups excluding carboxylic acids is 1. The molecule has 1 aliphatic carbocycles. The van der Waals surface area contributed by atoms with Crippen LogP contribution in [0.2, 0.25) is 0 Å². The van der Waals surface area contributed by atoms with Crippen molar-refractivity contribution >= 4 is 5.91 Å². The third-order valence-electron chi connectivity index (χ3n) is 2.14. The predicted octanol–water partition coefficient (Wildman–Crippen LogP) is 1.78. The van der Waals surface area contributed by atoms with E-state index < -0.39 is 18.7 Å². The molecule has 1 fully saturated rings. The predicted molar refractivity (Wildman–Crippen MR) is 48.0 cm³/mol. The van der Waals surface area contributed by atoms with Crippen LogP contribution in [-0.4, -0.2) is 23.8 Å². The van der Waals surface area contributed by atoms with Crippen molar-refractivity contribution in [3.05, 3.63) is 17.5 Å². The van der Waals surface area contributed by atoms with E-state index in [0.29, 0.717) is 5.76 Å². The summed E-state index contributed by atoms with van der Waals surface area (Å²) in [5, 5.41) is 3.44. The van der Waals surface area contributed by atoms with E-state index in [1.807, 2.05) is 0 Å². The number of nitrogens with one attached hydrogen (secondary N) is 1. The van der Waals surface area contributed by atoms with E-state index in [9.17, 15) is 18.0 Å². The van der Waals surface area contributed by atoms with E-state index in [2.05, 4.69) is 9.99 Å². The maximum Gasteiger partial charge on any atom is 0.414 e. The van der Waals surface area contributed by atoms with Gasteiger partial charge >= 0.3 is 6.18 Å². The molecule has 1 heterocycles. The van der Waals surface area contributed by atoms with Gasteiger partial charge in [-0.15, -0.1) is 0 Å². The van der Waals surface area contributed by atoms with Gasteiger partial charge in [0.2, 0.25) is 0 Å². The highest BCUT2D eigenvalue weighted by molar-refractivity contribution is 5.91. The molecule has 0 spiro atoms. The summed E-state index contributed by atoms with van der Waals surface area (Å²) in [5.41, 5.74) is 1.56. The van der Waals surface area contributed by atoms with Gasteiger partial charge < -0.3 is 4.52 Å². The van der Waals surface area contributed by atoms with Crippen LogP contribution in [0.3, 0.4) is 0 Å². The second-order valence-electron chi connectivity index (χ2n) is 3.72.